The predicted octanol–water partition coefficient (Wildman–Crippen LogP) is 1.45. The van der Waals surface area contributed by atoms with Crippen molar-refractivity contribution in [3.05, 3.63) is 0 Å². The fourth-order valence-electron chi connectivity index (χ4n) is 1.42. The molecule has 0 atom stereocenters. The van der Waals surface area contributed by atoms with E-state index in [2.05, 4.69) is 0 Å². The van der Waals surface area contributed by atoms with E-state index in [1.807, 2.05) is 13.8 Å². The minimum Gasteiger partial charge on any atom is -0.460 e. The fourth-order valence-corrected chi connectivity index (χ4v) is 1.42. The number of ketones is 2. The molecule has 0 bridgehead atoms. The maximum Gasteiger partial charge on any atom is 0.374 e. The largest absolute Gasteiger partial charge is 0.460 e. The van der Waals surface area contributed by atoms with Gasteiger partial charge in [0.2, 0.25) is 11.6 Å². The predicted molar refractivity (Wildman–Crippen MR) is 70.9 cm³/mol. The lowest BCUT2D eigenvalue weighted by Gasteiger charge is -2.09. The molecular weight excluding hydrogens is 264 g/mol. The maximum absolute atomic E-state index is 11.5. The summed E-state index contributed by atoms with van der Waals surface area (Å²) in [6.45, 7) is 5.65. The Bertz CT molecular complexity index is 327. The Morgan fingerprint density at radius 2 is 1.15 bits per heavy atom. The standard InChI is InChI=1S/C14H22O6/c1-4-6-19-13(17)11(15)8-10(3)9-12(16)14(18)20-7-5-2/h10H,4-9H2,1-3H3. The van der Waals surface area contributed by atoms with E-state index >= 15 is 0 Å². The van der Waals surface area contributed by atoms with E-state index in [9.17, 15) is 19.2 Å². The molecule has 0 aromatic carbocycles. The first kappa shape index (κ1) is 18.3. The van der Waals surface area contributed by atoms with Crippen molar-refractivity contribution in [1.29, 1.82) is 0 Å². The first-order valence-electron chi connectivity index (χ1n) is 6.82. The Morgan fingerprint density at radius 1 is 0.800 bits per heavy atom. The number of Topliss-reactive ketones (excluding diaryl/α,β-unsaturated/α-hetero) is 2. The molecule has 114 valence electrons. The summed E-state index contributed by atoms with van der Waals surface area (Å²) in [6, 6.07) is 0. The molecule has 0 radical (unpaired) electrons. The van der Waals surface area contributed by atoms with Crippen LogP contribution >= 0.6 is 0 Å². The van der Waals surface area contributed by atoms with Gasteiger partial charge >= 0.3 is 11.9 Å². The normalized spacial score (nSPS) is 10.2. The van der Waals surface area contributed by atoms with Crippen LogP contribution in [0.1, 0.15) is 46.5 Å². The Hall–Kier alpha value is -1.72. The number of ether oxygens (including phenoxy) is 2. The molecule has 0 aliphatic rings. The zero-order chi connectivity index (χ0) is 15.5. The number of hydrogen-bond donors (Lipinski definition) is 0. The van der Waals surface area contributed by atoms with Gasteiger partial charge in [0.05, 0.1) is 13.2 Å². The van der Waals surface area contributed by atoms with E-state index in [0.29, 0.717) is 12.8 Å². The number of carbonyl (C=O) groups excluding carboxylic acids is 4. The lowest BCUT2D eigenvalue weighted by molar-refractivity contribution is -0.155. The SMILES string of the molecule is CCCOC(=O)C(=O)CC(C)CC(=O)C(=O)OCCC. The van der Waals surface area contributed by atoms with Crippen molar-refractivity contribution in [2.45, 2.75) is 46.5 Å². The average molecular weight is 286 g/mol. The molecule has 0 heterocycles. The van der Waals surface area contributed by atoms with Gasteiger partial charge in [-0.3, -0.25) is 9.59 Å². The second-order valence-corrected chi connectivity index (χ2v) is 4.63. The van der Waals surface area contributed by atoms with Gasteiger partial charge in [0.25, 0.3) is 0 Å². The summed E-state index contributed by atoms with van der Waals surface area (Å²) < 4.78 is 9.39. The van der Waals surface area contributed by atoms with Crippen LogP contribution in [0.4, 0.5) is 0 Å². The molecule has 0 unspecified atom stereocenters. The van der Waals surface area contributed by atoms with Crippen LogP contribution in [-0.4, -0.2) is 36.7 Å². The molecule has 0 aliphatic carbocycles. The van der Waals surface area contributed by atoms with Gasteiger partial charge in [-0.25, -0.2) is 9.59 Å². The second-order valence-electron chi connectivity index (χ2n) is 4.63. The number of hydrogen-bond acceptors (Lipinski definition) is 6. The molecule has 0 N–H and O–H groups in total. The van der Waals surface area contributed by atoms with Gasteiger partial charge in [-0.1, -0.05) is 20.8 Å². The van der Waals surface area contributed by atoms with Crippen LogP contribution in [0.15, 0.2) is 0 Å². The topological polar surface area (TPSA) is 86.7 Å². The monoisotopic (exact) mass is 286 g/mol. The van der Waals surface area contributed by atoms with E-state index in [1.54, 1.807) is 6.92 Å². The molecule has 0 spiro atoms. The molecule has 6 nitrogen and oxygen atoms in total. The van der Waals surface area contributed by atoms with Gasteiger partial charge in [-0.15, -0.1) is 0 Å². The Labute approximate surface area is 118 Å². The van der Waals surface area contributed by atoms with Crippen LogP contribution < -0.4 is 0 Å². The quantitative estimate of drug-likeness (QED) is 0.446. The van der Waals surface area contributed by atoms with Gasteiger partial charge in [-0.05, 0) is 18.8 Å². The van der Waals surface area contributed by atoms with E-state index in [1.165, 1.54) is 0 Å². The summed E-state index contributed by atoms with van der Waals surface area (Å²) in [7, 11) is 0. The molecule has 0 aliphatic heterocycles. The Balaban J connectivity index is 4.12. The number of carbonyl (C=O) groups is 4. The summed E-state index contributed by atoms with van der Waals surface area (Å²) >= 11 is 0. The van der Waals surface area contributed by atoms with E-state index in [-0.39, 0.29) is 26.1 Å². The highest BCUT2D eigenvalue weighted by atomic mass is 16.5. The average Bonchev–Trinajstić information content (AvgIpc) is 2.41. The van der Waals surface area contributed by atoms with Gasteiger partial charge in [-0.2, -0.15) is 0 Å². The lowest BCUT2D eigenvalue weighted by Crippen LogP contribution is -2.24. The first-order chi connectivity index (χ1) is 9.42. The molecule has 6 heteroatoms. The molecule has 20 heavy (non-hydrogen) atoms. The summed E-state index contributed by atoms with van der Waals surface area (Å²) in [5, 5.41) is 0. The second kappa shape index (κ2) is 10.1. The Morgan fingerprint density at radius 3 is 1.45 bits per heavy atom. The van der Waals surface area contributed by atoms with E-state index in [0.717, 1.165) is 0 Å². The summed E-state index contributed by atoms with van der Waals surface area (Å²) in [6.07, 6.45) is 1.04. The van der Waals surface area contributed by atoms with Gasteiger partial charge < -0.3 is 9.47 Å². The summed E-state index contributed by atoms with van der Waals surface area (Å²) in [5.41, 5.74) is 0. The van der Waals surface area contributed by atoms with Crippen LogP contribution in [0.25, 0.3) is 0 Å². The first-order valence-corrected chi connectivity index (χ1v) is 6.82. The van der Waals surface area contributed by atoms with Crippen LogP contribution in [0.2, 0.25) is 0 Å². The van der Waals surface area contributed by atoms with Crippen molar-refractivity contribution in [3.63, 3.8) is 0 Å². The number of esters is 2. The molecule has 0 rings (SSSR count). The summed E-state index contributed by atoms with van der Waals surface area (Å²) in [4.78, 5) is 45.5. The van der Waals surface area contributed by atoms with E-state index in [4.69, 9.17) is 9.47 Å². The highest BCUT2D eigenvalue weighted by Crippen LogP contribution is 2.10. The van der Waals surface area contributed by atoms with Crippen molar-refractivity contribution >= 4 is 23.5 Å². The highest BCUT2D eigenvalue weighted by Gasteiger charge is 2.23. The Kier molecular flexibility index (Phi) is 9.24. The third-order valence-electron chi connectivity index (χ3n) is 2.40. The third-order valence-corrected chi connectivity index (χ3v) is 2.40. The van der Waals surface area contributed by atoms with Gasteiger partial charge in [0.1, 0.15) is 0 Å². The smallest absolute Gasteiger partial charge is 0.374 e. The molecule has 0 fully saturated rings. The third kappa shape index (κ3) is 7.66. The minimum atomic E-state index is -0.889. The zero-order valence-electron chi connectivity index (χ0n) is 12.3. The zero-order valence-corrected chi connectivity index (χ0v) is 12.3. The van der Waals surface area contributed by atoms with Gasteiger partial charge in [0, 0.05) is 12.8 Å². The van der Waals surface area contributed by atoms with Crippen molar-refractivity contribution < 1.29 is 28.7 Å². The molecule has 0 amide bonds. The van der Waals surface area contributed by atoms with Crippen molar-refractivity contribution in [2.24, 2.45) is 5.92 Å². The highest BCUT2D eigenvalue weighted by molar-refractivity contribution is 6.35. The van der Waals surface area contributed by atoms with Crippen LogP contribution in [-0.2, 0) is 28.7 Å². The molecule has 0 aromatic heterocycles. The molecular formula is C14H22O6. The van der Waals surface area contributed by atoms with Crippen molar-refractivity contribution in [2.75, 3.05) is 13.2 Å². The van der Waals surface area contributed by atoms with Crippen molar-refractivity contribution in [3.8, 4) is 0 Å². The van der Waals surface area contributed by atoms with E-state index < -0.39 is 29.4 Å². The van der Waals surface area contributed by atoms with Crippen molar-refractivity contribution in [1.82, 2.24) is 0 Å². The van der Waals surface area contributed by atoms with Crippen LogP contribution in [0.3, 0.4) is 0 Å². The molecule has 0 saturated carbocycles. The maximum atomic E-state index is 11.5. The minimum absolute atomic E-state index is 0.116. The fraction of sp³-hybridized carbons (Fsp3) is 0.714. The molecule has 0 aromatic rings. The summed E-state index contributed by atoms with van der Waals surface area (Å²) in [5.74, 6) is -3.54. The molecule has 0 saturated heterocycles. The number of rotatable bonds is 10. The van der Waals surface area contributed by atoms with Crippen LogP contribution in [0, 0.1) is 5.92 Å². The van der Waals surface area contributed by atoms with Gasteiger partial charge in [0.15, 0.2) is 0 Å². The lowest BCUT2D eigenvalue weighted by atomic mass is 9.98. The van der Waals surface area contributed by atoms with Crippen LogP contribution in [0.5, 0.6) is 0 Å².